The number of nitrogens with one attached hydrogen (secondary N) is 1. The number of rotatable bonds is 5. The van der Waals surface area contributed by atoms with E-state index in [2.05, 4.69) is 5.32 Å². The number of halogens is 3. The number of hydrogen-bond donors (Lipinski definition) is 2. The minimum absolute atomic E-state index is 0.0843. The van der Waals surface area contributed by atoms with Crippen LogP contribution in [0.2, 0.25) is 0 Å². The molecule has 0 spiro atoms. The van der Waals surface area contributed by atoms with E-state index in [9.17, 15) is 22.8 Å². The average molecular weight is 239 g/mol. The second kappa shape index (κ2) is 4.31. The van der Waals surface area contributed by atoms with Gasteiger partial charge in [0.1, 0.15) is 0 Å². The zero-order valence-corrected chi connectivity index (χ0v) is 8.43. The lowest BCUT2D eigenvalue weighted by atomic mass is 10.1. The largest absolute Gasteiger partial charge is 0.481 e. The summed E-state index contributed by atoms with van der Waals surface area (Å²) in [4.78, 5) is 21.7. The second-order valence-electron chi connectivity index (χ2n) is 3.98. The van der Waals surface area contributed by atoms with Crippen molar-refractivity contribution >= 4 is 11.9 Å². The Bertz CT molecular complexity index is 297. The summed E-state index contributed by atoms with van der Waals surface area (Å²) in [6.45, 7) is -0.0843. The van der Waals surface area contributed by atoms with Gasteiger partial charge in [-0.1, -0.05) is 0 Å². The smallest absolute Gasteiger partial charge is 0.389 e. The first-order chi connectivity index (χ1) is 7.25. The summed E-state index contributed by atoms with van der Waals surface area (Å²) in [6.07, 6.45) is -5.27. The second-order valence-corrected chi connectivity index (χ2v) is 3.98. The Hall–Kier alpha value is -1.27. The molecule has 7 heteroatoms. The molecule has 0 atom stereocenters. The van der Waals surface area contributed by atoms with Crippen molar-refractivity contribution in [2.45, 2.75) is 31.9 Å². The van der Waals surface area contributed by atoms with Crippen LogP contribution in [0.5, 0.6) is 0 Å². The Morgan fingerprint density at radius 3 is 2.25 bits per heavy atom. The highest BCUT2D eigenvalue weighted by Gasteiger charge is 2.50. The highest BCUT2D eigenvalue weighted by molar-refractivity contribution is 5.80. The van der Waals surface area contributed by atoms with Gasteiger partial charge in [-0.15, -0.1) is 0 Å². The SMILES string of the molecule is O=C(CCC(F)(F)F)NCC1(C(=O)O)CC1. The van der Waals surface area contributed by atoms with Gasteiger partial charge in [-0.05, 0) is 12.8 Å². The third kappa shape index (κ3) is 3.71. The maximum Gasteiger partial charge on any atom is 0.389 e. The topological polar surface area (TPSA) is 66.4 Å². The van der Waals surface area contributed by atoms with E-state index in [4.69, 9.17) is 5.11 Å². The van der Waals surface area contributed by atoms with Gasteiger partial charge in [-0.2, -0.15) is 13.2 Å². The number of carboxylic acids is 1. The fourth-order valence-electron chi connectivity index (χ4n) is 1.23. The molecule has 1 saturated carbocycles. The molecular formula is C9H12F3NO3. The maximum absolute atomic E-state index is 11.8. The van der Waals surface area contributed by atoms with E-state index < -0.39 is 36.3 Å². The maximum atomic E-state index is 11.8. The number of carboxylic acid groups (broad SMARTS) is 1. The lowest BCUT2D eigenvalue weighted by Crippen LogP contribution is -2.34. The first-order valence-electron chi connectivity index (χ1n) is 4.82. The molecule has 0 aromatic heterocycles. The number of aliphatic carboxylic acids is 1. The van der Waals surface area contributed by atoms with Crippen LogP contribution in [0.1, 0.15) is 25.7 Å². The van der Waals surface area contributed by atoms with Crippen molar-refractivity contribution in [1.29, 1.82) is 0 Å². The molecule has 1 amide bonds. The Balaban J connectivity index is 2.24. The highest BCUT2D eigenvalue weighted by atomic mass is 19.4. The summed E-state index contributed by atoms with van der Waals surface area (Å²) in [7, 11) is 0. The quantitative estimate of drug-likeness (QED) is 0.760. The van der Waals surface area contributed by atoms with Crippen molar-refractivity contribution in [3.8, 4) is 0 Å². The van der Waals surface area contributed by atoms with Crippen LogP contribution in [0, 0.1) is 5.41 Å². The molecule has 1 rings (SSSR count). The predicted octanol–water partition coefficient (Wildman–Crippen LogP) is 1.31. The van der Waals surface area contributed by atoms with E-state index in [0.29, 0.717) is 12.8 Å². The molecule has 0 unspecified atom stereocenters. The first-order valence-corrected chi connectivity index (χ1v) is 4.82. The Morgan fingerprint density at radius 2 is 1.88 bits per heavy atom. The monoisotopic (exact) mass is 239 g/mol. The average Bonchev–Trinajstić information content (AvgIpc) is 2.91. The number of hydrogen-bond acceptors (Lipinski definition) is 2. The van der Waals surface area contributed by atoms with Gasteiger partial charge in [-0.3, -0.25) is 9.59 Å². The molecule has 16 heavy (non-hydrogen) atoms. The van der Waals surface area contributed by atoms with Crippen LogP contribution in [0.3, 0.4) is 0 Å². The van der Waals surface area contributed by atoms with E-state index in [1.807, 2.05) is 0 Å². The van der Waals surface area contributed by atoms with Gasteiger partial charge < -0.3 is 10.4 Å². The third-order valence-electron chi connectivity index (χ3n) is 2.57. The number of amides is 1. The Labute approximate surface area is 89.8 Å². The van der Waals surface area contributed by atoms with Gasteiger partial charge in [0.15, 0.2) is 0 Å². The molecule has 0 saturated heterocycles. The molecule has 0 heterocycles. The minimum Gasteiger partial charge on any atom is -0.481 e. The summed E-state index contributed by atoms with van der Waals surface area (Å²) in [5.41, 5.74) is -0.937. The Morgan fingerprint density at radius 1 is 1.31 bits per heavy atom. The molecular weight excluding hydrogens is 227 g/mol. The van der Waals surface area contributed by atoms with Gasteiger partial charge in [0.2, 0.25) is 5.91 Å². The van der Waals surface area contributed by atoms with E-state index in [0.717, 1.165) is 0 Å². The molecule has 1 aliphatic carbocycles. The summed E-state index contributed by atoms with van der Waals surface area (Å²) < 4.78 is 35.3. The van der Waals surface area contributed by atoms with Crippen molar-refractivity contribution in [3.05, 3.63) is 0 Å². The molecule has 0 aromatic carbocycles. The van der Waals surface area contributed by atoms with E-state index in [1.165, 1.54) is 0 Å². The summed E-state index contributed by atoms with van der Waals surface area (Å²) in [5.74, 6) is -1.77. The number of carbonyl (C=O) groups is 2. The molecule has 1 fully saturated rings. The zero-order chi connectivity index (χ0) is 12.4. The summed E-state index contributed by atoms with van der Waals surface area (Å²) in [6, 6.07) is 0. The van der Waals surface area contributed by atoms with E-state index >= 15 is 0 Å². The molecule has 2 N–H and O–H groups in total. The number of carbonyl (C=O) groups excluding carboxylic acids is 1. The Kier molecular flexibility index (Phi) is 3.44. The molecule has 0 radical (unpaired) electrons. The minimum atomic E-state index is -4.36. The molecule has 4 nitrogen and oxygen atoms in total. The fourth-order valence-corrected chi connectivity index (χ4v) is 1.23. The first kappa shape index (κ1) is 12.8. The van der Waals surface area contributed by atoms with Gasteiger partial charge in [0.25, 0.3) is 0 Å². The normalized spacial score (nSPS) is 17.9. The van der Waals surface area contributed by atoms with Crippen LogP contribution < -0.4 is 5.32 Å². The van der Waals surface area contributed by atoms with Gasteiger partial charge in [0, 0.05) is 13.0 Å². The van der Waals surface area contributed by atoms with Crippen molar-refractivity contribution in [2.75, 3.05) is 6.54 Å². The lowest BCUT2D eigenvalue weighted by molar-refractivity contribution is -0.146. The van der Waals surface area contributed by atoms with Crippen molar-refractivity contribution in [3.63, 3.8) is 0 Å². The summed E-state index contributed by atoms with van der Waals surface area (Å²) in [5, 5.41) is 11.0. The highest BCUT2D eigenvalue weighted by Crippen LogP contribution is 2.45. The van der Waals surface area contributed by atoms with Crippen molar-refractivity contribution in [2.24, 2.45) is 5.41 Å². The van der Waals surface area contributed by atoms with Crippen LogP contribution in [-0.2, 0) is 9.59 Å². The predicted molar refractivity (Wildman–Crippen MR) is 47.6 cm³/mol. The van der Waals surface area contributed by atoms with Crippen LogP contribution in [-0.4, -0.2) is 29.7 Å². The van der Waals surface area contributed by atoms with Gasteiger partial charge in [0.05, 0.1) is 11.8 Å². The van der Waals surface area contributed by atoms with Crippen molar-refractivity contribution in [1.82, 2.24) is 5.32 Å². The van der Waals surface area contributed by atoms with Crippen LogP contribution in [0.15, 0.2) is 0 Å². The number of alkyl halides is 3. The fraction of sp³-hybridized carbons (Fsp3) is 0.778. The lowest BCUT2D eigenvalue weighted by Gasteiger charge is -2.11. The van der Waals surface area contributed by atoms with E-state index in [-0.39, 0.29) is 6.54 Å². The zero-order valence-electron chi connectivity index (χ0n) is 8.43. The third-order valence-corrected chi connectivity index (χ3v) is 2.57. The molecule has 1 aliphatic rings. The van der Waals surface area contributed by atoms with Crippen LogP contribution in [0.4, 0.5) is 13.2 Å². The van der Waals surface area contributed by atoms with Gasteiger partial charge in [-0.25, -0.2) is 0 Å². The molecule has 92 valence electrons. The summed E-state index contributed by atoms with van der Waals surface area (Å²) >= 11 is 0. The standard InChI is InChI=1S/C9H12F3NO3/c10-9(11,12)2-1-6(14)13-5-8(3-4-8)7(15)16/h1-5H2,(H,13,14)(H,15,16). The van der Waals surface area contributed by atoms with Gasteiger partial charge >= 0.3 is 12.1 Å². The molecule has 0 bridgehead atoms. The van der Waals surface area contributed by atoms with Crippen molar-refractivity contribution < 1.29 is 27.9 Å². The molecule has 0 aromatic rings. The van der Waals surface area contributed by atoms with E-state index in [1.54, 1.807) is 0 Å². The molecule has 0 aliphatic heterocycles. The van der Waals surface area contributed by atoms with Crippen LogP contribution >= 0.6 is 0 Å². The van der Waals surface area contributed by atoms with Crippen LogP contribution in [0.25, 0.3) is 0 Å².